The fourth-order valence-electron chi connectivity index (χ4n) is 1.40. The van der Waals surface area contributed by atoms with E-state index in [4.69, 9.17) is 21.1 Å². The maximum atomic E-state index is 6.17. The molecule has 1 atom stereocenters. The van der Waals surface area contributed by atoms with Gasteiger partial charge in [-0.15, -0.1) is 11.6 Å². The molecule has 0 saturated heterocycles. The molecule has 0 amide bonds. The molecule has 0 radical (unpaired) electrons. The van der Waals surface area contributed by atoms with Crippen molar-refractivity contribution in [2.75, 3.05) is 20.8 Å². The van der Waals surface area contributed by atoms with E-state index in [0.717, 1.165) is 18.6 Å². The Balaban J connectivity index is 2.48. The van der Waals surface area contributed by atoms with Gasteiger partial charge in [-0.25, -0.2) is 0 Å². The van der Waals surface area contributed by atoms with Crippen molar-refractivity contribution in [2.24, 2.45) is 0 Å². The lowest BCUT2D eigenvalue weighted by molar-refractivity contribution is 0.194. The molecule has 0 aliphatic heterocycles. The van der Waals surface area contributed by atoms with Crippen LogP contribution in [0, 0.1) is 0 Å². The summed E-state index contributed by atoms with van der Waals surface area (Å²) in [6.07, 6.45) is 1.72. The van der Waals surface area contributed by atoms with Crippen LogP contribution in [0.3, 0.4) is 0 Å². The molecule has 2 nitrogen and oxygen atoms in total. The molecular formula is C12H17ClO2. The average molecular weight is 229 g/mol. The molecular weight excluding hydrogens is 212 g/mol. The van der Waals surface area contributed by atoms with Gasteiger partial charge in [0.05, 0.1) is 7.11 Å². The van der Waals surface area contributed by atoms with Gasteiger partial charge < -0.3 is 9.47 Å². The van der Waals surface area contributed by atoms with Crippen molar-refractivity contribution in [2.45, 2.75) is 18.2 Å². The number of ether oxygens (including phenoxy) is 2. The van der Waals surface area contributed by atoms with Gasteiger partial charge in [0, 0.05) is 19.1 Å². The standard InChI is InChI=1S/C12H17ClO2/c1-14-7-6-11(13)8-10-4-3-5-12(9-10)15-2/h3-5,9,11H,6-8H2,1-2H3. The summed E-state index contributed by atoms with van der Waals surface area (Å²) in [5, 5.41) is 0.122. The van der Waals surface area contributed by atoms with E-state index >= 15 is 0 Å². The highest BCUT2D eigenvalue weighted by Crippen LogP contribution is 2.17. The Labute approximate surface area is 96.2 Å². The predicted octanol–water partition coefficient (Wildman–Crippen LogP) is 2.88. The Morgan fingerprint density at radius 3 is 2.80 bits per heavy atom. The summed E-state index contributed by atoms with van der Waals surface area (Å²) in [5.74, 6) is 0.878. The van der Waals surface area contributed by atoms with Gasteiger partial charge in [-0.1, -0.05) is 12.1 Å². The molecule has 1 rings (SSSR count). The van der Waals surface area contributed by atoms with E-state index in [0.29, 0.717) is 6.61 Å². The van der Waals surface area contributed by atoms with Gasteiger partial charge in [-0.3, -0.25) is 0 Å². The number of hydrogen-bond donors (Lipinski definition) is 0. The summed E-state index contributed by atoms with van der Waals surface area (Å²) in [6.45, 7) is 0.706. The molecule has 0 aliphatic carbocycles. The molecule has 84 valence electrons. The molecule has 0 spiro atoms. The number of methoxy groups -OCH3 is 2. The van der Waals surface area contributed by atoms with Gasteiger partial charge in [-0.2, -0.15) is 0 Å². The van der Waals surface area contributed by atoms with Crippen LogP contribution in [0.4, 0.5) is 0 Å². The van der Waals surface area contributed by atoms with Crippen LogP contribution in [-0.2, 0) is 11.2 Å². The normalized spacial score (nSPS) is 12.5. The van der Waals surface area contributed by atoms with Crippen molar-refractivity contribution >= 4 is 11.6 Å². The first-order valence-corrected chi connectivity index (χ1v) is 5.46. The quantitative estimate of drug-likeness (QED) is 0.698. The highest BCUT2D eigenvalue weighted by molar-refractivity contribution is 6.20. The fourth-order valence-corrected chi connectivity index (χ4v) is 1.67. The topological polar surface area (TPSA) is 18.5 Å². The summed E-state index contributed by atoms with van der Waals surface area (Å²) in [4.78, 5) is 0. The van der Waals surface area contributed by atoms with E-state index in [9.17, 15) is 0 Å². The molecule has 0 heterocycles. The van der Waals surface area contributed by atoms with Crippen LogP contribution in [0.25, 0.3) is 0 Å². The fraction of sp³-hybridized carbons (Fsp3) is 0.500. The lowest BCUT2D eigenvalue weighted by atomic mass is 10.1. The average Bonchev–Trinajstić information content (AvgIpc) is 2.26. The van der Waals surface area contributed by atoms with Gasteiger partial charge in [0.15, 0.2) is 0 Å². The molecule has 1 aromatic rings. The van der Waals surface area contributed by atoms with E-state index in [1.165, 1.54) is 5.56 Å². The van der Waals surface area contributed by atoms with E-state index in [1.807, 2.05) is 18.2 Å². The number of halogens is 1. The zero-order valence-corrected chi connectivity index (χ0v) is 9.96. The van der Waals surface area contributed by atoms with Crippen LogP contribution in [0.2, 0.25) is 0 Å². The van der Waals surface area contributed by atoms with Gasteiger partial charge in [0.2, 0.25) is 0 Å². The summed E-state index contributed by atoms with van der Waals surface area (Å²) in [6, 6.07) is 7.99. The lowest BCUT2D eigenvalue weighted by Crippen LogP contribution is -2.06. The van der Waals surface area contributed by atoms with Gasteiger partial charge in [0.25, 0.3) is 0 Å². The minimum absolute atomic E-state index is 0.122. The predicted molar refractivity (Wildman–Crippen MR) is 62.8 cm³/mol. The summed E-state index contributed by atoms with van der Waals surface area (Å²) in [5.41, 5.74) is 1.20. The number of hydrogen-bond acceptors (Lipinski definition) is 2. The Kier molecular flexibility index (Phi) is 5.51. The van der Waals surface area contributed by atoms with Crippen LogP contribution >= 0.6 is 11.6 Å². The highest BCUT2D eigenvalue weighted by Gasteiger charge is 2.06. The minimum Gasteiger partial charge on any atom is -0.497 e. The van der Waals surface area contributed by atoms with Gasteiger partial charge in [-0.05, 0) is 30.5 Å². The molecule has 0 aliphatic rings. The zero-order valence-electron chi connectivity index (χ0n) is 9.20. The Bertz CT molecular complexity index is 289. The molecule has 0 saturated carbocycles. The zero-order chi connectivity index (χ0) is 11.1. The van der Waals surface area contributed by atoms with E-state index in [-0.39, 0.29) is 5.38 Å². The van der Waals surface area contributed by atoms with Crippen molar-refractivity contribution in [3.05, 3.63) is 29.8 Å². The lowest BCUT2D eigenvalue weighted by Gasteiger charge is -2.09. The van der Waals surface area contributed by atoms with Crippen LogP contribution in [0.1, 0.15) is 12.0 Å². The second-order valence-electron chi connectivity index (χ2n) is 3.43. The second kappa shape index (κ2) is 6.70. The van der Waals surface area contributed by atoms with Crippen molar-refractivity contribution in [1.82, 2.24) is 0 Å². The largest absolute Gasteiger partial charge is 0.497 e. The summed E-state index contributed by atoms with van der Waals surface area (Å²) < 4.78 is 10.1. The van der Waals surface area contributed by atoms with Crippen molar-refractivity contribution in [1.29, 1.82) is 0 Å². The first-order valence-electron chi connectivity index (χ1n) is 5.02. The molecule has 0 fully saturated rings. The second-order valence-corrected chi connectivity index (χ2v) is 4.05. The van der Waals surface area contributed by atoms with Crippen LogP contribution in [-0.4, -0.2) is 26.2 Å². The van der Waals surface area contributed by atoms with Crippen LogP contribution < -0.4 is 4.74 Å². The smallest absolute Gasteiger partial charge is 0.119 e. The van der Waals surface area contributed by atoms with Gasteiger partial charge >= 0.3 is 0 Å². The summed E-state index contributed by atoms with van der Waals surface area (Å²) >= 11 is 6.17. The Morgan fingerprint density at radius 2 is 2.13 bits per heavy atom. The Hall–Kier alpha value is -0.730. The van der Waals surface area contributed by atoms with Crippen LogP contribution in [0.15, 0.2) is 24.3 Å². The molecule has 15 heavy (non-hydrogen) atoms. The summed E-state index contributed by atoms with van der Waals surface area (Å²) in [7, 11) is 3.36. The SMILES string of the molecule is COCCC(Cl)Cc1cccc(OC)c1. The third kappa shape index (κ3) is 4.54. The van der Waals surface area contributed by atoms with Gasteiger partial charge in [0.1, 0.15) is 5.75 Å². The molecule has 3 heteroatoms. The number of alkyl halides is 1. The monoisotopic (exact) mass is 228 g/mol. The maximum Gasteiger partial charge on any atom is 0.119 e. The van der Waals surface area contributed by atoms with E-state index < -0.39 is 0 Å². The third-order valence-corrected chi connectivity index (χ3v) is 2.60. The third-order valence-electron chi connectivity index (χ3n) is 2.23. The van der Waals surface area contributed by atoms with E-state index in [1.54, 1.807) is 14.2 Å². The Morgan fingerprint density at radius 1 is 1.33 bits per heavy atom. The van der Waals surface area contributed by atoms with Crippen molar-refractivity contribution in [3.63, 3.8) is 0 Å². The minimum atomic E-state index is 0.122. The molecule has 1 unspecified atom stereocenters. The van der Waals surface area contributed by atoms with Crippen molar-refractivity contribution in [3.8, 4) is 5.75 Å². The first-order chi connectivity index (χ1) is 7.26. The van der Waals surface area contributed by atoms with Crippen molar-refractivity contribution < 1.29 is 9.47 Å². The number of benzene rings is 1. The first kappa shape index (κ1) is 12.3. The number of rotatable bonds is 6. The van der Waals surface area contributed by atoms with E-state index in [2.05, 4.69) is 6.07 Å². The molecule has 0 N–H and O–H groups in total. The maximum absolute atomic E-state index is 6.17. The molecule has 0 bridgehead atoms. The highest BCUT2D eigenvalue weighted by atomic mass is 35.5. The molecule has 0 aromatic heterocycles. The molecule has 1 aromatic carbocycles. The van der Waals surface area contributed by atoms with Crippen LogP contribution in [0.5, 0.6) is 5.75 Å².